The van der Waals surface area contributed by atoms with Gasteiger partial charge in [-0.1, -0.05) is 25.1 Å². The van der Waals surface area contributed by atoms with Crippen LogP contribution in [-0.2, 0) is 16.0 Å². The van der Waals surface area contributed by atoms with E-state index in [2.05, 4.69) is 52.3 Å². The van der Waals surface area contributed by atoms with E-state index in [1.807, 2.05) is 35.3 Å². The number of carbonyl (C=O) groups excluding carboxylic acids is 2. The van der Waals surface area contributed by atoms with Crippen LogP contribution in [0.25, 0.3) is 27.7 Å². The minimum atomic E-state index is -0.676. The predicted molar refractivity (Wildman–Crippen MR) is 115 cm³/mol. The van der Waals surface area contributed by atoms with Crippen molar-refractivity contribution in [2.45, 2.75) is 13.3 Å². The zero-order chi connectivity index (χ0) is 20.8. The molecule has 0 spiro atoms. The van der Waals surface area contributed by atoms with Gasteiger partial charge in [-0.15, -0.1) is 0 Å². The molecule has 0 saturated carbocycles. The molecule has 4 rings (SSSR count). The SMILES string of the molecule is CCc1ccc(-n2cc(-c3ccc4[nH]cc(NC(=O)C=O)c4c3)cn2)cc1.CN. The van der Waals surface area contributed by atoms with Crippen LogP contribution in [0.1, 0.15) is 12.5 Å². The van der Waals surface area contributed by atoms with Crippen molar-refractivity contribution >= 4 is 28.8 Å². The summed E-state index contributed by atoms with van der Waals surface area (Å²) in [6.07, 6.45) is 6.72. The molecular weight excluding hydrogens is 366 g/mol. The molecule has 0 radical (unpaired) electrons. The van der Waals surface area contributed by atoms with Gasteiger partial charge < -0.3 is 16.0 Å². The topological polar surface area (TPSA) is 106 Å². The number of aldehydes is 1. The number of carbonyl (C=O) groups is 2. The molecular formula is C22H23N5O2. The number of hydrogen-bond acceptors (Lipinski definition) is 4. The Kier molecular flexibility index (Phi) is 6.21. The third-order valence-corrected chi connectivity index (χ3v) is 4.57. The number of aromatic amines is 1. The summed E-state index contributed by atoms with van der Waals surface area (Å²) >= 11 is 0. The molecule has 0 atom stereocenters. The van der Waals surface area contributed by atoms with Gasteiger partial charge in [0.25, 0.3) is 5.91 Å². The molecule has 4 aromatic rings. The predicted octanol–water partition coefficient (Wildman–Crippen LogP) is 3.30. The highest BCUT2D eigenvalue weighted by atomic mass is 16.2. The van der Waals surface area contributed by atoms with E-state index in [1.54, 1.807) is 6.20 Å². The molecule has 0 unspecified atom stereocenters. The lowest BCUT2D eigenvalue weighted by Gasteiger charge is -2.03. The number of rotatable bonds is 5. The average molecular weight is 389 g/mol. The summed E-state index contributed by atoms with van der Waals surface area (Å²) < 4.78 is 1.84. The van der Waals surface area contributed by atoms with Crippen molar-refractivity contribution in [1.29, 1.82) is 0 Å². The Morgan fingerprint density at radius 1 is 1.17 bits per heavy atom. The smallest absolute Gasteiger partial charge is 0.288 e. The summed E-state index contributed by atoms with van der Waals surface area (Å²) in [5, 5.41) is 7.87. The Hall–Kier alpha value is -3.71. The number of aromatic nitrogens is 3. The van der Waals surface area contributed by atoms with Gasteiger partial charge in [-0.05, 0) is 48.9 Å². The van der Waals surface area contributed by atoms with E-state index >= 15 is 0 Å². The first-order valence-corrected chi connectivity index (χ1v) is 9.27. The molecule has 4 N–H and O–H groups in total. The van der Waals surface area contributed by atoms with Crippen LogP contribution in [0.5, 0.6) is 0 Å². The quantitative estimate of drug-likeness (QED) is 0.360. The zero-order valence-electron chi connectivity index (χ0n) is 16.3. The summed E-state index contributed by atoms with van der Waals surface area (Å²) in [7, 11) is 1.50. The van der Waals surface area contributed by atoms with Crippen molar-refractivity contribution in [2.24, 2.45) is 5.73 Å². The van der Waals surface area contributed by atoms with Crippen molar-refractivity contribution in [2.75, 3.05) is 12.4 Å². The molecule has 0 bridgehead atoms. The molecule has 2 heterocycles. The van der Waals surface area contributed by atoms with Crippen LogP contribution in [0.4, 0.5) is 5.69 Å². The van der Waals surface area contributed by atoms with E-state index < -0.39 is 5.91 Å². The molecule has 29 heavy (non-hydrogen) atoms. The summed E-state index contributed by atoms with van der Waals surface area (Å²) in [6.45, 7) is 2.13. The van der Waals surface area contributed by atoms with Crippen LogP contribution in [0.3, 0.4) is 0 Å². The van der Waals surface area contributed by atoms with Crippen LogP contribution < -0.4 is 11.1 Å². The summed E-state index contributed by atoms with van der Waals surface area (Å²) in [4.78, 5) is 25.1. The Labute approximate surface area is 168 Å². The maximum atomic E-state index is 11.4. The van der Waals surface area contributed by atoms with E-state index in [1.165, 1.54) is 12.6 Å². The van der Waals surface area contributed by atoms with Gasteiger partial charge in [0.15, 0.2) is 0 Å². The maximum absolute atomic E-state index is 11.4. The number of nitrogens with one attached hydrogen (secondary N) is 2. The zero-order valence-corrected chi connectivity index (χ0v) is 16.3. The van der Waals surface area contributed by atoms with E-state index in [0.717, 1.165) is 34.1 Å². The van der Waals surface area contributed by atoms with Crippen molar-refractivity contribution in [1.82, 2.24) is 14.8 Å². The highest BCUT2D eigenvalue weighted by Crippen LogP contribution is 2.29. The molecule has 0 aliphatic heterocycles. The first-order valence-electron chi connectivity index (χ1n) is 9.27. The molecule has 7 nitrogen and oxygen atoms in total. The van der Waals surface area contributed by atoms with Crippen LogP contribution in [-0.4, -0.2) is 34.0 Å². The monoisotopic (exact) mass is 389 g/mol. The Morgan fingerprint density at radius 3 is 2.62 bits per heavy atom. The van der Waals surface area contributed by atoms with Gasteiger partial charge in [-0.25, -0.2) is 4.68 Å². The lowest BCUT2D eigenvalue weighted by molar-refractivity contribution is -0.127. The first kappa shape index (κ1) is 20.0. The van der Waals surface area contributed by atoms with Crippen molar-refractivity contribution in [3.63, 3.8) is 0 Å². The van der Waals surface area contributed by atoms with Gasteiger partial charge in [-0.3, -0.25) is 9.59 Å². The third-order valence-electron chi connectivity index (χ3n) is 4.57. The van der Waals surface area contributed by atoms with Crippen molar-refractivity contribution in [3.8, 4) is 16.8 Å². The number of anilines is 1. The minimum absolute atomic E-state index is 0.260. The maximum Gasteiger partial charge on any atom is 0.288 e. The Bertz CT molecular complexity index is 1130. The molecule has 148 valence electrons. The van der Waals surface area contributed by atoms with Crippen LogP contribution in [0, 0.1) is 0 Å². The number of fused-ring (bicyclic) bond motifs is 1. The number of aryl methyl sites for hydroxylation is 1. The van der Waals surface area contributed by atoms with Gasteiger partial charge in [0, 0.05) is 28.9 Å². The van der Waals surface area contributed by atoms with Crippen LogP contribution in [0.15, 0.2) is 61.1 Å². The van der Waals surface area contributed by atoms with E-state index in [-0.39, 0.29) is 6.29 Å². The average Bonchev–Trinajstić information content (AvgIpc) is 3.42. The number of nitrogens with zero attached hydrogens (tertiary/aromatic N) is 2. The molecule has 0 aliphatic rings. The lowest BCUT2D eigenvalue weighted by Crippen LogP contribution is -2.11. The fraction of sp³-hybridized carbons (Fsp3) is 0.136. The van der Waals surface area contributed by atoms with Gasteiger partial charge in [0.2, 0.25) is 6.29 Å². The molecule has 1 amide bonds. The largest absolute Gasteiger partial charge is 0.359 e. The minimum Gasteiger partial charge on any atom is -0.359 e. The fourth-order valence-corrected chi connectivity index (χ4v) is 3.06. The number of nitrogens with two attached hydrogens (primary N) is 1. The van der Waals surface area contributed by atoms with Gasteiger partial charge >= 0.3 is 0 Å². The number of hydrogen-bond donors (Lipinski definition) is 3. The molecule has 2 aromatic carbocycles. The normalized spacial score (nSPS) is 10.3. The molecule has 0 saturated heterocycles. The second kappa shape index (κ2) is 8.99. The summed E-state index contributed by atoms with van der Waals surface area (Å²) in [5.74, 6) is -0.676. The van der Waals surface area contributed by atoms with Gasteiger partial charge in [0.1, 0.15) is 0 Å². The van der Waals surface area contributed by atoms with Crippen LogP contribution in [0.2, 0.25) is 0 Å². The van der Waals surface area contributed by atoms with E-state index in [4.69, 9.17) is 0 Å². The highest BCUT2D eigenvalue weighted by molar-refractivity contribution is 6.30. The summed E-state index contributed by atoms with van der Waals surface area (Å²) in [5.41, 5.74) is 10.2. The molecule has 0 fully saturated rings. The highest BCUT2D eigenvalue weighted by Gasteiger charge is 2.10. The third kappa shape index (κ3) is 4.25. The Morgan fingerprint density at radius 2 is 1.93 bits per heavy atom. The van der Waals surface area contributed by atoms with Gasteiger partial charge in [0.05, 0.1) is 17.6 Å². The van der Waals surface area contributed by atoms with Crippen LogP contribution >= 0.6 is 0 Å². The second-order valence-electron chi connectivity index (χ2n) is 6.26. The number of amides is 1. The number of H-pyrrole nitrogens is 1. The van der Waals surface area contributed by atoms with Gasteiger partial charge in [-0.2, -0.15) is 5.10 Å². The molecule has 0 aliphatic carbocycles. The first-order chi connectivity index (χ1) is 14.2. The Balaban J connectivity index is 0.00000117. The standard InChI is InChI=1S/C21H18N4O2.CH5N/c1-2-14-3-6-17(7-4-14)25-12-16(10-23-25)15-5-8-19-18(9-15)20(11-22-19)24-21(27)13-26;1-2/h3-13,22H,2H2,1H3,(H,24,27);2H2,1H3. The lowest BCUT2D eigenvalue weighted by atomic mass is 10.1. The molecule has 7 heteroatoms. The van der Waals surface area contributed by atoms with Crippen molar-refractivity contribution in [3.05, 3.63) is 66.6 Å². The number of benzene rings is 2. The van der Waals surface area contributed by atoms with E-state index in [0.29, 0.717) is 5.69 Å². The summed E-state index contributed by atoms with van der Waals surface area (Å²) in [6, 6.07) is 14.2. The second-order valence-corrected chi connectivity index (χ2v) is 6.26. The van der Waals surface area contributed by atoms with E-state index in [9.17, 15) is 9.59 Å². The molecule has 2 aromatic heterocycles. The fourth-order valence-electron chi connectivity index (χ4n) is 3.06. The van der Waals surface area contributed by atoms with Crippen molar-refractivity contribution < 1.29 is 9.59 Å².